The number of aromatic nitrogens is 2. The Morgan fingerprint density at radius 2 is 1.90 bits per heavy atom. The molecule has 3 rings (SSSR count). The molecule has 2 amide bonds. The summed E-state index contributed by atoms with van der Waals surface area (Å²) >= 11 is 1.40. The van der Waals surface area contributed by atoms with Gasteiger partial charge in [-0.15, -0.1) is 22.0 Å². The normalized spacial score (nSPS) is 10.6. The Labute approximate surface area is 168 Å². The quantitative estimate of drug-likeness (QED) is 0.422. The van der Waals surface area contributed by atoms with E-state index in [2.05, 4.69) is 20.8 Å². The molecule has 2 N–H and O–H groups in total. The van der Waals surface area contributed by atoms with Crippen LogP contribution in [0.2, 0.25) is 0 Å². The van der Waals surface area contributed by atoms with E-state index in [-0.39, 0.29) is 23.8 Å². The van der Waals surface area contributed by atoms with Gasteiger partial charge < -0.3 is 15.1 Å². The van der Waals surface area contributed by atoms with Crippen molar-refractivity contribution >= 4 is 35.1 Å². The number of carbonyl (C=O) groups excluding carboxylic acids is 2. The largest absolute Gasteiger partial charge is 0.459 e. The number of anilines is 2. The Bertz CT molecular complexity index is 982. The number of furan rings is 1. The number of hydrogen-bond acceptors (Lipinski definition) is 6. The van der Waals surface area contributed by atoms with Crippen molar-refractivity contribution in [3.63, 3.8) is 0 Å². The van der Waals surface area contributed by atoms with Gasteiger partial charge in [-0.3, -0.25) is 9.59 Å². The van der Waals surface area contributed by atoms with Crippen LogP contribution in [-0.4, -0.2) is 27.8 Å². The first kappa shape index (κ1) is 20.5. The number of nitrogens with zero attached hydrogens (tertiary/aromatic N) is 2. The smallest absolute Gasteiger partial charge is 0.292 e. The van der Waals surface area contributed by atoms with Gasteiger partial charge in [0.15, 0.2) is 23.2 Å². The van der Waals surface area contributed by atoms with Gasteiger partial charge in [-0.05, 0) is 42.8 Å². The predicted molar refractivity (Wildman–Crippen MR) is 104 cm³/mol. The van der Waals surface area contributed by atoms with Gasteiger partial charge in [-0.1, -0.05) is 0 Å². The van der Waals surface area contributed by atoms with Crippen molar-refractivity contribution < 1.29 is 22.8 Å². The van der Waals surface area contributed by atoms with Crippen molar-refractivity contribution in [1.29, 1.82) is 0 Å². The Morgan fingerprint density at radius 1 is 1.03 bits per heavy atom. The number of rotatable bonds is 8. The summed E-state index contributed by atoms with van der Waals surface area (Å²) in [6.45, 7) is 0. The summed E-state index contributed by atoms with van der Waals surface area (Å²) in [4.78, 5) is 23.7. The number of hydrogen-bond donors (Lipinski definition) is 2. The first-order chi connectivity index (χ1) is 14.0. The fourth-order valence-electron chi connectivity index (χ4n) is 2.26. The Balaban J connectivity index is 1.38. The number of nitrogens with one attached hydrogen (secondary N) is 2. The lowest BCUT2D eigenvalue weighted by molar-refractivity contribution is -0.116. The second-order valence-corrected chi connectivity index (χ2v) is 6.93. The number of benzene rings is 1. The summed E-state index contributed by atoms with van der Waals surface area (Å²) in [5.41, 5.74) is 0.208. The highest BCUT2D eigenvalue weighted by atomic mass is 32.2. The Morgan fingerprint density at radius 3 is 2.59 bits per heavy atom. The van der Waals surface area contributed by atoms with E-state index in [0.29, 0.717) is 23.0 Å². The third kappa shape index (κ3) is 6.11. The van der Waals surface area contributed by atoms with Crippen molar-refractivity contribution in [2.45, 2.75) is 17.9 Å². The van der Waals surface area contributed by atoms with Crippen LogP contribution in [0.1, 0.15) is 23.4 Å². The van der Waals surface area contributed by atoms with Crippen LogP contribution >= 0.6 is 11.8 Å². The monoisotopic (exact) mass is 418 g/mol. The lowest BCUT2D eigenvalue weighted by Crippen LogP contribution is -2.12. The average molecular weight is 418 g/mol. The number of carbonyl (C=O) groups is 2. The first-order valence-electron chi connectivity index (χ1n) is 8.57. The summed E-state index contributed by atoms with van der Waals surface area (Å²) in [5, 5.41) is 13.7. The van der Waals surface area contributed by atoms with Crippen LogP contribution in [0.25, 0.3) is 0 Å². The molecule has 0 atom stereocenters. The van der Waals surface area contributed by atoms with Gasteiger partial charge in [-0.2, -0.15) is 0 Å². The van der Waals surface area contributed by atoms with Gasteiger partial charge in [0.2, 0.25) is 5.91 Å². The molecule has 0 aliphatic carbocycles. The Hall–Kier alpha value is -3.27. The number of thioether (sulfide) groups is 1. The first-order valence-corrected chi connectivity index (χ1v) is 9.56. The van der Waals surface area contributed by atoms with Crippen LogP contribution in [-0.2, 0) is 4.79 Å². The fraction of sp³-hybridized carbons (Fsp3) is 0.158. The fourth-order valence-corrected chi connectivity index (χ4v) is 3.02. The van der Waals surface area contributed by atoms with Crippen molar-refractivity contribution in [1.82, 2.24) is 10.2 Å². The third-order valence-corrected chi connectivity index (χ3v) is 4.63. The molecule has 10 heteroatoms. The minimum Gasteiger partial charge on any atom is -0.459 e. The molecule has 3 aromatic rings. The van der Waals surface area contributed by atoms with Crippen LogP contribution in [0.4, 0.5) is 20.3 Å². The van der Waals surface area contributed by atoms with Gasteiger partial charge in [0.05, 0.1) is 6.26 Å². The van der Waals surface area contributed by atoms with Crippen LogP contribution in [0.15, 0.2) is 58.2 Å². The molecule has 2 heterocycles. The molecule has 0 bridgehead atoms. The summed E-state index contributed by atoms with van der Waals surface area (Å²) < 4.78 is 31.0. The molecule has 1 aromatic carbocycles. The second-order valence-electron chi connectivity index (χ2n) is 5.82. The molecule has 0 saturated heterocycles. The predicted octanol–water partition coefficient (Wildman–Crippen LogP) is 4.11. The van der Waals surface area contributed by atoms with Crippen LogP contribution in [0, 0.1) is 11.6 Å². The molecule has 0 aliphatic heterocycles. The maximum absolute atomic E-state index is 13.1. The molecule has 0 fully saturated rings. The van der Waals surface area contributed by atoms with Crippen molar-refractivity contribution in [3.05, 3.63) is 66.1 Å². The zero-order chi connectivity index (χ0) is 20.6. The number of amides is 2. The molecule has 150 valence electrons. The molecule has 29 heavy (non-hydrogen) atoms. The van der Waals surface area contributed by atoms with E-state index in [1.165, 1.54) is 30.2 Å². The highest BCUT2D eigenvalue weighted by Gasteiger charge is 2.10. The SMILES string of the molecule is O=C(CCCSc1ccc(NC(=O)c2ccco2)nn1)Nc1ccc(F)c(F)c1. The molecule has 0 saturated carbocycles. The van der Waals surface area contributed by atoms with Gasteiger partial charge in [0.25, 0.3) is 5.91 Å². The van der Waals surface area contributed by atoms with Gasteiger partial charge in [0.1, 0.15) is 5.03 Å². The minimum absolute atomic E-state index is 0.173. The zero-order valence-corrected chi connectivity index (χ0v) is 15.8. The maximum atomic E-state index is 13.1. The molecule has 2 aromatic heterocycles. The molecular formula is C19H16F2N4O3S. The van der Waals surface area contributed by atoms with E-state index in [9.17, 15) is 18.4 Å². The summed E-state index contributed by atoms with van der Waals surface area (Å²) in [5.74, 6) is -1.62. The van der Waals surface area contributed by atoms with E-state index >= 15 is 0 Å². The van der Waals surface area contributed by atoms with Crippen LogP contribution < -0.4 is 10.6 Å². The molecule has 7 nitrogen and oxygen atoms in total. The van der Waals surface area contributed by atoms with Crippen LogP contribution in [0.3, 0.4) is 0 Å². The maximum Gasteiger partial charge on any atom is 0.292 e. The zero-order valence-electron chi connectivity index (χ0n) is 15.0. The van der Waals surface area contributed by atoms with Gasteiger partial charge in [0, 0.05) is 23.9 Å². The summed E-state index contributed by atoms with van der Waals surface area (Å²) in [6, 6.07) is 9.66. The van der Waals surface area contributed by atoms with Gasteiger partial charge in [-0.25, -0.2) is 8.78 Å². The van der Waals surface area contributed by atoms with E-state index in [4.69, 9.17) is 4.42 Å². The standard InChI is InChI=1S/C19H16F2N4O3S/c20-13-6-5-12(11-14(13)21)22-17(26)4-2-10-29-18-8-7-16(24-25-18)23-19(27)15-3-1-9-28-15/h1,3,5-9,11H,2,4,10H2,(H,22,26)(H,23,24,27). The highest BCUT2D eigenvalue weighted by molar-refractivity contribution is 7.99. The van der Waals surface area contributed by atoms with Gasteiger partial charge >= 0.3 is 0 Å². The van der Waals surface area contributed by atoms with E-state index in [1.807, 2.05) is 0 Å². The lowest BCUT2D eigenvalue weighted by atomic mass is 10.2. The van der Waals surface area contributed by atoms with Crippen molar-refractivity contribution in [2.75, 3.05) is 16.4 Å². The molecular weight excluding hydrogens is 402 g/mol. The molecule has 0 unspecified atom stereocenters. The van der Waals surface area contributed by atoms with E-state index < -0.39 is 17.5 Å². The van der Waals surface area contributed by atoms with E-state index in [0.717, 1.165) is 12.1 Å². The average Bonchev–Trinajstić information content (AvgIpc) is 3.24. The summed E-state index contributed by atoms with van der Waals surface area (Å²) in [6.07, 6.45) is 2.17. The third-order valence-electron chi connectivity index (χ3n) is 3.63. The van der Waals surface area contributed by atoms with E-state index in [1.54, 1.807) is 18.2 Å². The molecule has 0 radical (unpaired) electrons. The minimum atomic E-state index is -1.01. The second kappa shape index (κ2) is 9.78. The summed E-state index contributed by atoms with van der Waals surface area (Å²) in [7, 11) is 0. The van der Waals surface area contributed by atoms with Crippen molar-refractivity contribution in [2.24, 2.45) is 0 Å². The number of halogens is 2. The Kier molecular flexibility index (Phi) is 6.90. The molecule has 0 spiro atoms. The topological polar surface area (TPSA) is 97.1 Å². The lowest BCUT2D eigenvalue weighted by Gasteiger charge is -2.06. The highest BCUT2D eigenvalue weighted by Crippen LogP contribution is 2.18. The van der Waals surface area contributed by atoms with Crippen molar-refractivity contribution in [3.8, 4) is 0 Å². The molecule has 0 aliphatic rings. The van der Waals surface area contributed by atoms with Crippen LogP contribution in [0.5, 0.6) is 0 Å².